The maximum absolute atomic E-state index is 11.9. The summed E-state index contributed by atoms with van der Waals surface area (Å²) in [6.45, 7) is 8.29. The van der Waals surface area contributed by atoms with Gasteiger partial charge >= 0.3 is 0 Å². The monoisotopic (exact) mass is 223 g/mol. The molecule has 1 atom stereocenters. The Morgan fingerprint density at radius 1 is 1.50 bits per heavy atom. The first kappa shape index (κ1) is 12.6. The van der Waals surface area contributed by atoms with Crippen LogP contribution < -0.4 is 11.1 Å². The van der Waals surface area contributed by atoms with Crippen LogP contribution in [0.15, 0.2) is 12.3 Å². The number of rotatable bonds is 2. The Kier molecular flexibility index (Phi) is 3.31. The number of amides is 1. The van der Waals surface area contributed by atoms with Crippen molar-refractivity contribution in [3.8, 4) is 0 Å². The van der Waals surface area contributed by atoms with Gasteiger partial charge in [-0.3, -0.25) is 4.79 Å². The molecule has 0 aliphatic carbocycles. The highest BCUT2D eigenvalue weighted by Crippen LogP contribution is 2.19. The zero-order valence-electron chi connectivity index (χ0n) is 10.7. The van der Waals surface area contributed by atoms with Crippen molar-refractivity contribution in [3.05, 3.63) is 18.0 Å². The first-order valence-corrected chi connectivity index (χ1v) is 5.44. The number of nitrogen functional groups attached to an aromatic ring is 1. The van der Waals surface area contributed by atoms with Gasteiger partial charge in [-0.2, -0.15) is 0 Å². The van der Waals surface area contributed by atoms with Gasteiger partial charge in [0.25, 0.3) is 5.91 Å². The number of aryl methyl sites for hydroxylation is 1. The molecule has 1 amide bonds. The molecule has 0 aliphatic heterocycles. The second kappa shape index (κ2) is 4.20. The van der Waals surface area contributed by atoms with E-state index in [1.54, 1.807) is 16.8 Å². The zero-order valence-corrected chi connectivity index (χ0v) is 10.7. The summed E-state index contributed by atoms with van der Waals surface area (Å²) in [6.07, 6.45) is 1.73. The summed E-state index contributed by atoms with van der Waals surface area (Å²) in [5, 5.41) is 2.97. The van der Waals surface area contributed by atoms with Gasteiger partial charge in [0, 0.05) is 19.3 Å². The Morgan fingerprint density at radius 2 is 2.06 bits per heavy atom. The Bertz CT molecular complexity index is 387. The van der Waals surface area contributed by atoms with Crippen molar-refractivity contribution in [1.82, 2.24) is 9.88 Å². The summed E-state index contributed by atoms with van der Waals surface area (Å²) < 4.78 is 1.74. The van der Waals surface area contributed by atoms with E-state index in [1.165, 1.54) is 0 Å². The van der Waals surface area contributed by atoms with E-state index in [2.05, 4.69) is 26.1 Å². The number of carbonyl (C=O) groups excluding carboxylic acids is 1. The first-order valence-electron chi connectivity index (χ1n) is 5.44. The molecule has 3 N–H and O–H groups in total. The van der Waals surface area contributed by atoms with Gasteiger partial charge in [-0.1, -0.05) is 20.8 Å². The van der Waals surface area contributed by atoms with Crippen LogP contribution in [0.3, 0.4) is 0 Å². The van der Waals surface area contributed by atoms with Gasteiger partial charge in [0.15, 0.2) is 0 Å². The third-order valence-corrected chi connectivity index (χ3v) is 2.91. The van der Waals surface area contributed by atoms with Gasteiger partial charge < -0.3 is 15.6 Å². The zero-order chi connectivity index (χ0) is 12.5. The van der Waals surface area contributed by atoms with Crippen LogP contribution in [0.4, 0.5) is 5.69 Å². The fourth-order valence-corrected chi connectivity index (χ4v) is 1.30. The second-order valence-electron chi connectivity index (χ2n) is 5.33. The van der Waals surface area contributed by atoms with E-state index in [0.717, 1.165) is 0 Å². The summed E-state index contributed by atoms with van der Waals surface area (Å²) in [6, 6.07) is 1.79. The molecule has 0 spiro atoms. The number of nitrogens with zero attached hydrogens (tertiary/aromatic N) is 1. The summed E-state index contributed by atoms with van der Waals surface area (Å²) in [7, 11) is 1.81. The molecule has 1 unspecified atom stereocenters. The van der Waals surface area contributed by atoms with E-state index in [1.807, 2.05) is 14.0 Å². The number of nitrogens with two attached hydrogens (primary N) is 1. The van der Waals surface area contributed by atoms with Crippen molar-refractivity contribution in [2.24, 2.45) is 12.5 Å². The van der Waals surface area contributed by atoms with Gasteiger partial charge in [0.05, 0.1) is 5.69 Å². The average Bonchev–Trinajstić information content (AvgIpc) is 2.43. The van der Waals surface area contributed by atoms with Gasteiger partial charge in [0.2, 0.25) is 0 Å². The molecule has 1 heterocycles. The quantitative estimate of drug-likeness (QED) is 0.802. The fourth-order valence-electron chi connectivity index (χ4n) is 1.30. The van der Waals surface area contributed by atoms with Crippen LogP contribution in [0.25, 0.3) is 0 Å². The maximum atomic E-state index is 11.9. The fraction of sp³-hybridized carbons (Fsp3) is 0.583. The molecule has 1 aromatic rings. The van der Waals surface area contributed by atoms with Crippen LogP contribution in [-0.4, -0.2) is 16.5 Å². The van der Waals surface area contributed by atoms with Crippen LogP contribution in [-0.2, 0) is 7.05 Å². The van der Waals surface area contributed by atoms with Crippen molar-refractivity contribution < 1.29 is 4.79 Å². The molecule has 0 radical (unpaired) electrons. The molecular formula is C12H21N3O. The lowest BCUT2D eigenvalue weighted by Crippen LogP contribution is -2.41. The third kappa shape index (κ3) is 2.78. The minimum Gasteiger partial charge on any atom is -0.397 e. The number of aromatic nitrogens is 1. The molecule has 0 bridgehead atoms. The lowest BCUT2D eigenvalue weighted by atomic mass is 9.88. The minimum absolute atomic E-state index is 0.0480. The van der Waals surface area contributed by atoms with Crippen LogP contribution in [0.5, 0.6) is 0 Å². The Morgan fingerprint density at radius 3 is 2.44 bits per heavy atom. The molecule has 0 aromatic carbocycles. The smallest absolute Gasteiger partial charge is 0.268 e. The molecule has 16 heavy (non-hydrogen) atoms. The molecular weight excluding hydrogens is 202 g/mol. The highest BCUT2D eigenvalue weighted by molar-refractivity contribution is 5.94. The SMILES string of the molecule is CC(NC(=O)c1cc(N)cn1C)C(C)(C)C. The molecule has 0 fully saturated rings. The van der Waals surface area contributed by atoms with Crippen LogP contribution in [0.1, 0.15) is 38.2 Å². The summed E-state index contributed by atoms with van der Waals surface area (Å²) in [4.78, 5) is 11.9. The molecule has 4 nitrogen and oxygen atoms in total. The minimum atomic E-state index is -0.0818. The van der Waals surface area contributed by atoms with E-state index >= 15 is 0 Å². The molecule has 90 valence electrons. The lowest BCUT2D eigenvalue weighted by Gasteiger charge is -2.28. The van der Waals surface area contributed by atoms with Crippen LogP contribution in [0, 0.1) is 5.41 Å². The second-order valence-corrected chi connectivity index (χ2v) is 5.33. The first-order chi connectivity index (χ1) is 7.21. The van der Waals surface area contributed by atoms with Gasteiger partial charge in [-0.05, 0) is 18.4 Å². The van der Waals surface area contributed by atoms with E-state index in [0.29, 0.717) is 11.4 Å². The van der Waals surface area contributed by atoms with E-state index in [4.69, 9.17) is 5.73 Å². The van der Waals surface area contributed by atoms with Crippen molar-refractivity contribution in [3.63, 3.8) is 0 Å². The van der Waals surface area contributed by atoms with Crippen molar-refractivity contribution in [1.29, 1.82) is 0 Å². The largest absolute Gasteiger partial charge is 0.397 e. The Hall–Kier alpha value is -1.45. The van der Waals surface area contributed by atoms with Crippen LogP contribution >= 0.6 is 0 Å². The van der Waals surface area contributed by atoms with Crippen molar-refractivity contribution in [2.75, 3.05) is 5.73 Å². The molecule has 0 saturated carbocycles. The van der Waals surface area contributed by atoms with E-state index in [-0.39, 0.29) is 17.4 Å². The summed E-state index contributed by atoms with van der Waals surface area (Å²) >= 11 is 0. The number of anilines is 1. The standard InChI is InChI=1S/C12H21N3O/c1-8(12(2,3)4)14-11(16)10-6-9(13)7-15(10)5/h6-8H,13H2,1-5H3,(H,14,16). The molecule has 1 rings (SSSR count). The Balaban J connectivity index is 2.77. The van der Waals surface area contributed by atoms with Crippen molar-refractivity contribution in [2.45, 2.75) is 33.7 Å². The van der Waals surface area contributed by atoms with E-state index in [9.17, 15) is 4.79 Å². The van der Waals surface area contributed by atoms with Crippen LogP contribution in [0.2, 0.25) is 0 Å². The number of hydrogen-bond acceptors (Lipinski definition) is 2. The topological polar surface area (TPSA) is 60.1 Å². The highest BCUT2D eigenvalue weighted by atomic mass is 16.2. The molecule has 0 aliphatic rings. The van der Waals surface area contributed by atoms with Gasteiger partial charge in [-0.15, -0.1) is 0 Å². The normalized spacial score (nSPS) is 13.6. The Labute approximate surface area is 96.8 Å². The molecule has 4 heteroatoms. The lowest BCUT2D eigenvalue weighted by molar-refractivity contribution is 0.0902. The predicted molar refractivity (Wildman–Crippen MR) is 66.2 cm³/mol. The average molecular weight is 223 g/mol. The third-order valence-electron chi connectivity index (χ3n) is 2.91. The molecule has 0 saturated heterocycles. The number of hydrogen-bond donors (Lipinski definition) is 2. The molecule has 1 aromatic heterocycles. The highest BCUT2D eigenvalue weighted by Gasteiger charge is 2.23. The summed E-state index contributed by atoms with van der Waals surface area (Å²) in [5.41, 5.74) is 6.88. The van der Waals surface area contributed by atoms with E-state index < -0.39 is 0 Å². The maximum Gasteiger partial charge on any atom is 0.268 e. The van der Waals surface area contributed by atoms with Gasteiger partial charge in [-0.25, -0.2) is 0 Å². The predicted octanol–water partition coefficient (Wildman–Crippen LogP) is 1.77. The summed E-state index contributed by atoms with van der Waals surface area (Å²) in [5.74, 6) is -0.0818. The van der Waals surface area contributed by atoms with Crippen molar-refractivity contribution >= 4 is 11.6 Å². The number of carbonyl (C=O) groups is 1. The van der Waals surface area contributed by atoms with Gasteiger partial charge in [0.1, 0.15) is 5.69 Å². The number of nitrogens with one attached hydrogen (secondary N) is 1.